The highest BCUT2D eigenvalue weighted by molar-refractivity contribution is 6.66. The van der Waals surface area contributed by atoms with Crippen LogP contribution in [-0.4, -0.2) is 53.2 Å². The minimum atomic E-state index is -2.53. The van der Waals surface area contributed by atoms with E-state index < -0.39 is 8.80 Å². The summed E-state index contributed by atoms with van der Waals surface area (Å²) in [5, 5.41) is 0. The zero-order chi connectivity index (χ0) is 10.6. The molecule has 0 unspecified atom stereocenters. The van der Waals surface area contributed by atoms with Crippen molar-refractivity contribution in [2.45, 2.75) is 0 Å². The van der Waals surface area contributed by atoms with Crippen LogP contribution in [0.15, 0.2) is 24.4 Å². The highest BCUT2D eigenvalue weighted by Crippen LogP contribution is 2.17. The first-order valence-corrected chi connectivity index (χ1v) is 7.09. The highest BCUT2D eigenvalue weighted by atomic mass is 28.4. The molecule has 84 valence electrons. The molecular formula is C10H17NO3Si. The summed E-state index contributed by atoms with van der Waals surface area (Å²) in [6.07, 6.45) is 3.58. The molecule has 2 bridgehead atoms. The average molecular weight is 227 g/mol. The van der Waals surface area contributed by atoms with Gasteiger partial charge in [-0.3, -0.25) is 4.90 Å². The Bertz CT molecular complexity index is 231. The molecule has 0 saturated carbocycles. The van der Waals surface area contributed by atoms with E-state index in [0.717, 1.165) is 19.6 Å². The Labute approximate surface area is 91.5 Å². The van der Waals surface area contributed by atoms with E-state index in [9.17, 15) is 0 Å². The van der Waals surface area contributed by atoms with Crippen LogP contribution in [0.3, 0.4) is 0 Å². The summed E-state index contributed by atoms with van der Waals surface area (Å²) in [4.78, 5) is 2.30. The zero-order valence-corrected chi connectivity index (χ0v) is 9.85. The van der Waals surface area contributed by atoms with Gasteiger partial charge < -0.3 is 13.3 Å². The minimum absolute atomic E-state index is 0.688. The van der Waals surface area contributed by atoms with Crippen molar-refractivity contribution < 1.29 is 13.3 Å². The summed E-state index contributed by atoms with van der Waals surface area (Å²) < 4.78 is 17.3. The predicted octanol–water partition coefficient (Wildman–Crippen LogP) is 0.586. The second-order valence-corrected chi connectivity index (χ2v) is 5.99. The average Bonchev–Trinajstić information content (AvgIpc) is 2.14. The molecule has 0 spiro atoms. The monoisotopic (exact) mass is 227 g/mol. The van der Waals surface area contributed by atoms with Crippen LogP contribution in [0, 0.1) is 0 Å². The summed E-state index contributed by atoms with van der Waals surface area (Å²) in [5.41, 5.74) is 1.92. The Morgan fingerprint density at radius 1 is 1.00 bits per heavy atom. The SMILES string of the molecule is C=CC=C[Si]12OCCN(CCO1)CCO2. The molecule has 0 N–H and O–H groups in total. The van der Waals surface area contributed by atoms with Crippen molar-refractivity contribution >= 4 is 8.80 Å². The van der Waals surface area contributed by atoms with Gasteiger partial charge in [-0.05, 0) is 5.70 Å². The number of fused-ring (bicyclic) bond motifs is 6. The minimum Gasteiger partial charge on any atom is -0.369 e. The molecule has 5 heteroatoms. The van der Waals surface area contributed by atoms with E-state index in [4.69, 9.17) is 13.3 Å². The fourth-order valence-corrected chi connectivity index (χ4v) is 3.78. The van der Waals surface area contributed by atoms with Gasteiger partial charge in [0.2, 0.25) is 0 Å². The van der Waals surface area contributed by atoms with Gasteiger partial charge >= 0.3 is 8.80 Å². The first kappa shape index (κ1) is 11.0. The van der Waals surface area contributed by atoms with Crippen LogP contribution in [0.2, 0.25) is 0 Å². The maximum Gasteiger partial charge on any atom is 0.529 e. The van der Waals surface area contributed by atoms with Crippen molar-refractivity contribution in [2.75, 3.05) is 39.5 Å². The third-order valence-electron chi connectivity index (χ3n) is 2.57. The third-order valence-corrected chi connectivity index (χ3v) is 4.99. The highest BCUT2D eigenvalue weighted by Gasteiger charge is 2.41. The number of allylic oxidation sites excluding steroid dienone is 2. The summed E-state index contributed by atoms with van der Waals surface area (Å²) in [6.45, 7) is 8.64. The zero-order valence-electron chi connectivity index (χ0n) is 8.85. The Morgan fingerprint density at radius 2 is 1.53 bits per heavy atom. The molecule has 0 radical (unpaired) electrons. The van der Waals surface area contributed by atoms with Crippen LogP contribution in [0.1, 0.15) is 0 Å². The van der Waals surface area contributed by atoms with Crippen molar-refractivity contribution in [3.05, 3.63) is 24.4 Å². The fourth-order valence-electron chi connectivity index (χ4n) is 1.74. The van der Waals surface area contributed by atoms with E-state index in [1.165, 1.54) is 0 Å². The number of hydrogen-bond acceptors (Lipinski definition) is 4. The lowest BCUT2D eigenvalue weighted by molar-refractivity contribution is 0.000277. The maximum absolute atomic E-state index is 5.76. The number of rotatable bonds is 2. The van der Waals surface area contributed by atoms with Gasteiger partial charge in [-0.1, -0.05) is 18.7 Å². The van der Waals surface area contributed by atoms with Gasteiger partial charge in [0.1, 0.15) is 0 Å². The van der Waals surface area contributed by atoms with Gasteiger partial charge in [0.25, 0.3) is 0 Å². The largest absolute Gasteiger partial charge is 0.529 e. The molecule has 0 aliphatic carbocycles. The number of hydrogen-bond donors (Lipinski definition) is 0. The lowest BCUT2D eigenvalue weighted by Gasteiger charge is -2.36. The van der Waals surface area contributed by atoms with E-state index in [1.807, 2.05) is 11.8 Å². The van der Waals surface area contributed by atoms with E-state index in [2.05, 4.69) is 11.5 Å². The van der Waals surface area contributed by atoms with Crippen molar-refractivity contribution in [2.24, 2.45) is 0 Å². The summed E-state index contributed by atoms with van der Waals surface area (Å²) in [5.74, 6) is 0. The van der Waals surface area contributed by atoms with E-state index >= 15 is 0 Å². The standard InChI is InChI=1S/C10H17NO3Si/c1-2-3-10-15-12-7-4-11(5-8-13-15)6-9-14-15/h2-3,10H,1,4-9H2. The molecule has 0 aromatic carbocycles. The quantitative estimate of drug-likeness (QED) is 0.510. The third kappa shape index (κ3) is 2.76. The summed E-state index contributed by atoms with van der Waals surface area (Å²) in [7, 11) is -2.53. The molecule has 4 nitrogen and oxygen atoms in total. The fraction of sp³-hybridized carbons (Fsp3) is 0.600. The molecule has 15 heavy (non-hydrogen) atoms. The molecule has 0 aromatic rings. The molecule has 0 amide bonds. The molecule has 3 heterocycles. The molecule has 0 atom stereocenters. The van der Waals surface area contributed by atoms with Crippen LogP contribution in [0.4, 0.5) is 0 Å². The lowest BCUT2D eigenvalue weighted by atomic mass is 10.4. The summed E-state index contributed by atoms with van der Waals surface area (Å²) >= 11 is 0. The molecule has 3 fully saturated rings. The first-order chi connectivity index (χ1) is 7.35. The van der Waals surface area contributed by atoms with Crippen molar-refractivity contribution in [3.8, 4) is 0 Å². The molecule has 3 aliphatic rings. The van der Waals surface area contributed by atoms with Crippen molar-refractivity contribution in [1.29, 1.82) is 0 Å². The molecule has 3 saturated heterocycles. The Hall–Kier alpha value is -0.463. The predicted molar refractivity (Wildman–Crippen MR) is 59.4 cm³/mol. The Kier molecular flexibility index (Phi) is 3.71. The second kappa shape index (κ2) is 5.04. The normalized spacial score (nSPS) is 37.2. The maximum atomic E-state index is 5.76. The first-order valence-electron chi connectivity index (χ1n) is 5.29. The molecule has 0 aromatic heterocycles. The van der Waals surface area contributed by atoms with E-state index in [1.54, 1.807) is 6.08 Å². The van der Waals surface area contributed by atoms with Crippen molar-refractivity contribution in [3.63, 3.8) is 0 Å². The molecule has 3 aliphatic heterocycles. The van der Waals surface area contributed by atoms with Crippen LogP contribution < -0.4 is 0 Å². The lowest BCUT2D eigenvalue weighted by Crippen LogP contribution is -2.54. The second-order valence-electron chi connectivity index (χ2n) is 3.59. The van der Waals surface area contributed by atoms with Crippen LogP contribution in [0.25, 0.3) is 0 Å². The Balaban J connectivity index is 2.11. The number of nitrogens with zero attached hydrogens (tertiary/aromatic N) is 1. The topological polar surface area (TPSA) is 30.9 Å². The van der Waals surface area contributed by atoms with Crippen LogP contribution in [-0.2, 0) is 13.3 Å². The van der Waals surface area contributed by atoms with Gasteiger partial charge in [0, 0.05) is 19.6 Å². The van der Waals surface area contributed by atoms with Gasteiger partial charge in [0.05, 0.1) is 19.8 Å². The van der Waals surface area contributed by atoms with Gasteiger partial charge in [-0.25, -0.2) is 0 Å². The summed E-state index contributed by atoms with van der Waals surface area (Å²) in [6, 6.07) is 0. The van der Waals surface area contributed by atoms with Gasteiger partial charge in [-0.2, -0.15) is 0 Å². The van der Waals surface area contributed by atoms with Crippen LogP contribution >= 0.6 is 0 Å². The van der Waals surface area contributed by atoms with E-state index in [-0.39, 0.29) is 0 Å². The van der Waals surface area contributed by atoms with Gasteiger partial charge in [-0.15, -0.1) is 0 Å². The van der Waals surface area contributed by atoms with E-state index in [0.29, 0.717) is 19.8 Å². The van der Waals surface area contributed by atoms with Crippen molar-refractivity contribution in [1.82, 2.24) is 4.90 Å². The molecule has 3 rings (SSSR count). The smallest absolute Gasteiger partial charge is 0.369 e. The Morgan fingerprint density at radius 3 is 2.00 bits per heavy atom. The van der Waals surface area contributed by atoms with Gasteiger partial charge in [0.15, 0.2) is 0 Å². The van der Waals surface area contributed by atoms with Crippen LogP contribution in [0.5, 0.6) is 0 Å². The molecular weight excluding hydrogens is 210 g/mol.